The zero-order valence-electron chi connectivity index (χ0n) is 46.8. The Balaban J connectivity index is 2.28. The fourth-order valence-electron chi connectivity index (χ4n) is 8.62. The predicted molar refractivity (Wildman–Crippen MR) is 313 cm³/mol. The molecule has 0 radical (unpaired) electrons. The third kappa shape index (κ3) is 41.8. The highest BCUT2D eigenvalue weighted by Crippen LogP contribution is 2.23. The molecule has 0 aromatic carbocycles. The van der Waals surface area contributed by atoms with E-state index in [-0.39, 0.29) is 12.5 Å². The molecule has 1 aliphatic rings. The van der Waals surface area contributed by atoms with Gasteiger partial charge < -0.3 is 40.3 Å². The van der Waals surface area contributed by atoms with E-state index in [1.165, 1.54) is 103 Å². The van der Waals surface area contributed by atoms with E-state index in [9.17, 15) is 30.3 Å². The molecular weight excluding hydrogens is 923 g/mol. The maximum Gasteiger partial charge on any atom is 0.220 e. The van der Waals surface area contributed by atoms with Crippen LogP contribution < -0.4 is 5.32 Å². The Morgan fingerprint density at radius 1 is 0.473 bits per heavy atom. The molecule has 1 aliphatic heterocycles. The van der Waals surface area contributed by atoms with Gasteiger partial charge in [-0.25, -0.2) is 0 Å². The Morgan fingerprint density at radius 2 is 0.838 bits per heavy atom. The van der Waals surface area contributed by atoms with Crippen LogP contribution in [0, 0.1) is 0 Å². The van der Waals surface area contributed by atoms with E-state index in [1.807, 2.05) is 6.08 Å². The number of unbranched alkanes of at least 4 members (excludes halogenated alkanes) is 21. The van der Waals surface area contributed by atoms with Crippen LogP contribution in [0.3, 0.4) is 0 Å². The molecule has 7 atom stereocenters. The van der Waals surface area contributed by atoms with E-state index < -0.39 is 49.5 Å². The Hall–Kier alpha value is -3.41. The van der Waals surface area contributed by atoms with Crippen LogP contribution in [-0.4, -0.2) is 87.5 Å². The molecule has 422 valence electrons. The number of hydrogen-bond donors (Lipinski definition) is 6. The van der Waals surface area contributed by atoms with Gasteiger partial charge in [-0.1, -0.05) is 251 Å². The average molecular weight is 1030 g/mol. The fraction of sp³-hybridized carbons (Fsp3) is 0.677. The van der Waals surface area contributed by atoms with E-state index in [0.29, 0.717) is 12.8 Å². The smallest absolute Gasteiger partial charge is 0.220 e. The molecule has 1 saturated heterocycles. The second-order valence-electron chi connectivity index (χ2n) is 20.1. The molecule has 1 rings (SSSR count). The van der Waals surface area contributed by atoms with Gasteiger partial charge in [0, 0.05) is 6.42 Å². The Bertz CT molecular complexity index is 1570. The third-order valence-corrected chi connectivity index (χ3v) is 13.3. The molecule has 9 nitrogen and oxygen atoms in total. The van der Waals surface area contributed by atoms with Crippen LogP contribution in [0.2, 0.25) is 0 Å². The Morgan fingerprint density at radius 3 is 1.24 bits per heavy atom. The predicted octanol–water partition coefficient (Wildman–Crippen LogP) is 15.1. The number of nitrogens with one attached hydrogen (secondary N) is 1. The number of hydrogen-bond acceptors (Lipinski definition) is 8. The largest absolute Gasteiger partial charge is 0.394 e. The summed E-state index contributed by atoms with van der Waals surface area (Å²) in [5, 5.41) is 54.5. The highest BCUT2D eigenvalue weighted by Gasteiger charge is 2.44. The first-order valence-corrected chi connectivity index (χ1v) is 29.8. The number of ether oxygens (including phenoxy) is 2. The average Bonchev–Trinajstić information content (AvgIpc) is 3.40. The van der Waals surface area contributed by atoms with Gasteiger partial charge in [0.05, 0.1) is 25.4 Å². The van der Waals surface area contributed by atoms with Gasteiger partial charge in [-0.15, -0.1) is 0 Å². The molecular formula is C65H109NO8. The summed E-state index contributed by atoms with van der Waals surface area (Å²) in [5.41, 5.74) is 0. The van der Waals surface area contributed by atoms with Gasteiger partial charge in [0.15, 0.2) is 6.29 Å². The third-order valence-electron chi connectivity index (χ3n) is 13.3. The molecule has 1 fully saturated rings. The van der Waals surface area contributed by atoms with E-state index in [1.54, 1.807) is 6.08 Å². The molecule has 0 aliphatic carbocycles. The van der Waals surface area contributed by atoms with Crippen molar-refractivity contribution in [2.45, 2.75) is 269 Å². The van der Waals surface area contributed by atoms with Crippen LogP contribution in [0.4, 0.5) is 0 Å². The minimum atomic E-state index is -1.58. The quantitative estimate of drug-likeness (QED) is 0.0261. The van der Waals surface area contributed by atoms with Crippen molar-refractivity contribution in [1.82, 2.24) is 5.32 Å². The summed E-state index contributed by atoms with van der Waals surface area (Å²) in [6.07, 6.45) is 72.5. The summed E-state index contributed by atoms with van der Waals surface area (Å²) in [6, 6.07) is -0.833. The van der Waals surface area contributed by atoms with Gasteiger partial charge in [0.2, 0.25) is 5.91 Å². The second-order valence-corrected chi connectivity index (χ2v) is 20.1. The van der Waals surface area contributed by atoms with Crippen LogP contribution in [-0.2, 0) is 14.3 Å². The lowest BCUT2D eigenvalue weighted by Crippen LogP contribution is -2.60. The normalized spacial score (nSPS) is 19.9. The van der Waals surface area contributed by atoms with Crippen LogP contribution in [0.1, 0.15) is 226 Å². The minimum absolute atomic E-state index is 0.209. The van der Waals surface area contributed by atoms with Gasteiger partial charge in [0.25, 0.3) is 0 Å². The lowest BCUT2D eigenvalue weighted by atomic mass is 9.99. The van der Waals surface area contributed by atoms with Gasteiger partial charge in [-0.05, 0) is 89.9 Å². The van der Waals surface area contributed by atoms with Gasteiger partial charge in [0.1, 0.15) is 24.4 Å². The van der Waals surface area contributed by atoms with Crippen LogP contribution in [0.15, 0.2) is 122 Å². The van der Waals surface area contributed by atoms with Crippen molar-refractivity contribution in [2.75, 3.05) is 13.2 Å². The summed E-state index contributed by atoms with van der Waals surface area (Å²) in [6.45, 7) is 3.65. The molecule has 74 heavy (non-hydrogen) atoms. The fourth-order valence-corrected chi connectivity index (χ4v) is 8.62. The number of aliphatic hydroxyl groups is 5. The molecule has 0 aromatic rings. The zero-order valence-corrected chi connectivity index (χ0v) is 46.8. The zero-order chi connectivity index (χ0) is 53.6. The number of allylic oxidation sites excluding steroid dienone is 19. The molecule has 6 N–H and O–H groups in total. The van der Waals surface area contributed by atoms with Crippen molar-refractivity contribution in [3.8, 4) is 0 Å². The Kier molecular flexibility index (Phi) is 49.1. The number of carbonyl (C=O) groups excluding carboxylic acids is 1. The molecule has 0 aromatic heterocycles. The molecule has 0 spiro atoms. The number of aliphatic hydroxyl groups excluding tert-OH is 5. The lowest BCUT2D eigenvalue weighted by Gasteiger charge is -2.40. The number of amides is 1. The first-order chi connectivity index (χ1) is 36.3. The lowest BCUT2D eigenvalue weighted by molar-refractivity contribution is -0.302. The monoisotopic (exact) mass is 1030 g/mol. The molecule has 0 bridgehead atoms. The summed E-state index contributed by atoms with van der Waals surface area (Å²) < 4.78 is 11.3. The van der Waals surface area contributed by atoms with Crippen LogP contribution in [0.25, 0.3) is 0 Å². The van der Waals surface area contributed by atoms with E-state index in [2.05, 4.69) is 129 Å². The molecule has 7 unspecified atom stereocenters. The first kappa shape index (κ1) is 68.6. The highest BCUT2D eigenvalue weighted by atomic mass is 16.7. The van der Waals surface area contributed by atoms with Crippen LogP contribution in [0.5, 0.6) is 0 Å². The molecule has 1 amide bonds. The van der Waals surface area contributed by atoms with Crippen LogP contribution >= 0.6 is 0 Å². The standard InChI is InChI=1S/C65H109NO8/c1-3-5-7-9-11-13-15-17-19-21-23-25-26-27-28-29-30-31-32-33-34-35-37-39-41-43-45-47-49-51-53-55-61(69)66-58(57-73-65-64(72)63(71)62(70)60(56-67)74-65)59(68)54-52-50-48-46-44-42-40-38-36-24-22-20-18-16-14-12-10-8-6-4-2/h5,7,11,13,17,19,23,25,27-28,30-31,33-34,37,39,43,45,52,54,58-60,62-65,67-68,70-72H,3-4,6,8-10,12,14-16,18,20-22,24,26,29,32,35-36,38,40-42,44,46-51,53,55-57H2,1-2H3,(H,66,69)/b7-5-,13-11-,19-17-,25-23-,28-27-,31-30-,34-33-,39-37-,45-43-,54-52+. The topological polar surface area (TPSA) is 149 Å². The van der Waals surface area contributed by atoms with Crippen molar-refractivity contribution >= 4 is 5.91 Å². The van der Waals surface area contributed by atoms with Gasteiger partial charge in [-0.3, -0.25) is 4.79 Å². The highest BCUT2D eigenvalue weighted by molar-refractivity contribution is 5.76. The van der Waals surface area contributed by atoms with Crippen molar-refractivity contribution in [1.29, 1.82) is 0 Å². The summed E-state index contributed by atoms with van der Waals surface area (Å²) in [5.74, 6) is -0.213. The van der Waals surface area contributed by atoms with Crippen molar-refractivity contribution in [2.24, 2.45) is 0 Å². The summed E-state index contributed by atoms with van der Waals surface area (Å²) in [4.78, 5) is 13.1. The Labute approximate surface area is 452 Å². The first-order valence-electron chi connectivity index (χ1n) is 29.8. The van der Waals surface area contributed by atoms with E-state index >= 15 is 0 Å². The molecule has 9 heteroatoms. The SMILES string of the molecule is CC/C=C\C/C=C\C/C=C\C/C=C\C/C=C\C/C=C\C/C=C\C/C=C\C/C=C\CCCCCC(=O)NC(COC1OC(CO)C(O)C(O)C1O)C(O)/C=C/CCCCCCCCCCCCCCCCCCCC. The van der Waals surface area contributed by atoms with E-state index in [0.717, 1.165) is 96.3 Å². The van der Waals surface area contributed by atoms with Gasteiger partial charge >= 0.3 is 0 Å². The van der Waals surface area contributed by atoms with Gasteiger partial charge in [-0.2, -0.15) is 0 Å². The molecule has 0 saturated carbocycles. The van der Waals surface area contributed by atoms with Crippen molar-refractivity contribution in [3.05, 3.63) is 122 Å². The number of rotatable bonds is 49. The maximum atomic E-state index is 13.1. The van der Waals surface area contributed by atoms with Crippen molar-refractivity contribution in [3.63, 3.8) is 0 Å². The summed E-state index contributed by atoms with van der Waals surface area (Å²) >= 11 is 0. The second kappa shape index (κ2) is 53.0. The summed E-state index contributed by atoms with van der Waals surface area (Å²) in [7, 11) is 0. The van der Waals surface area contributed by atoms with E-state index in [4.69, 9.17) is 9.47 Å². The maximum absolute atomic E-state index is 13.1. The van der Waals surface area contributed by atoms with Crippen molar-refractivity contribution < 1.29 is 39.8 Å². The molecule has 1 heterocycles. The minimum Gasteiger partial charge on any atom is -0.394 e. The number of carbonyl (C=O) groups is 1.